The number of allylic oxidation sites excluding steroid dienone is 1. The predicted molar refractivity (Wildman–Crippen MR) is 209 cm³/mol. The van der Waals surface area contributed by atoms with Crippen LogP contribution >= 0.6 is 0 Å². The molecule has 1 aromatic heterocycles. The molecule has 3 N–H and O–H groups in total. The summed E-state index contributed by atoms with van der Waals surface area (Å²) in [5.41, 5.74) is -0.303. The topological polar surface area (TPSA) is 137 Å². The molecule has 1 unspecified atom stereocenters. The number of nitrogens with zero attached hydrogens (tertiary/aromatic N) is 3. The quantitative estimate of drug-likeness (QED) is 0.144. The van der Waals surface area contributed by atoms with Crippen molar-refractivity contribution in [2.75, 3.05) is 33.4 Å². The Hall–Kier alpha value is -2.50. The van der Waals surface area contributed by atoms with E-state index >= 15 is 0 Å². The number of nitrogens with one attached hydrogen (secondary N) is 2. The first-order chi connectivity index (χ1) is 25.3. The highest BCUT2D eigenvalue weighted by molar-refractivity contribution is 5.90. The average molecular weight is 754 g/mol. The van der Waals surface area contributed by atoms with E-state index < -0.39 is 12.3 Å². The van der Waals surface area contributed by atoms with Crippen LogP contribution in [-0.4, -0.2) is 83.1 Å². The smallest absolute Gasteiger partial charge is 0.450 e. The maximum atomic E-state index is 13.3. The Bertz CT molecular complexity index is 1590. The lowest BCUT2D eigenvalue weighted by molar-refractivity contribution is -0.257. The molecule has 1 aromatic rings. The van der Waals surface area contributed by atoms with Crippen LogP contribution in [-0.2, 0) is 14.2 Å². The Labute approximate surface area is 324 Å². The van der Waals surface area contributed by atoms with Crippen LogP contribution in [0.3, 0.4) is 0 Å². The molecule has 304 valence electrons. The zero-order chi connectivity index (χ0) is 39.6. The van der Waals surface area contributed by atoms with Crippen LogP contribution in [0, 0.1) is 56.7 Å². The van der Waals surface area contributed by atoms with Crippen LogP contribution in [0.1, 0.15) is 138 Å². The summed E-state index contributed by atoms with van der Waals surface area (Å²) in [6, 6.07) is -0.252. The van der Waals surface area contributed by atoms with Gasteiger partial charge >= 0.3 is 6.16 Å². The molecular formula is C43H71N5O6. The van der Waals surface area contributed by atoms with Gasteiger partial charge in [-0.25, -0.2) is 14.5 Å². The van der Waals surface area contributed by atoms with Crippen molar-refractivity contribution in [3.63, 3.8) is 0 Å². The van der Waals surface area contributed by atoms with Gasteiger partial charge in [0, 0.05) is 34.2 Å². The fourth-order valence-electron chi connectivity index (χ4n) is 12.7. The van der Waals surface area contributed by atoms with E-state index in [0.717, 1.165) is 51.5 Å². The number of hydrogen-bond donors (Lipinski definition) is 3. The van der Waals surface area contributed by atoms with Gasteiger partial charge in [0.2, 0.25) is 5.82 Å². The molecule has 0 radical (unpaired) electrons. The second kappa shape index (κ2) is 14.5. The molecule has 11 nitrogen and oxygen atoms in total. The fraction of sp³-hybridized carbons (Fsp3) is 0.860. The van der Waals surface area contributed by atoms with Gasteiger partial charge in [0.25, 0.3) is 5.91 Å². The number of carbonyl (C=O) groups is 2. The molecule has 1 amide bonds. The monoisotopic (exact) mass is 754 g/mol. The van der Waals surface area contributed by atoms with Crippen molar-refractivity contribution in [3.8, 4) is 0 Å². The molecule has 2 heterocycles. The van der Waals surface area contributed by atoms with Crippen molar-refractivity contribution in [2.24, 2.45) is 56.7 Å². The SMILES string of the molecule is CCCN[C@@](C)(CO[C@H]1[C@H](n2ncnc2C(=O)NC)C[C@@]23COC[C@@]1(C)[C@@H]2CC[C@H]1C3=CC[C@]2(C)C(OC(=O)O)[C@@](C)([C@H](C)C(C)C)CC[C@]12C)C(C)C. The minimum absolute atomic E-state index is 0.186. The first-order valence-corrected chi connectivity index (χ1v) is 21.0. The third-order valence-corrected chi connectivity index (χ3v) is 16.9. The normalized spacial score (nSPS) is 40.5. The van der Waals surface area contributed by atoms with Gasteiger partial charge in [0.1, 0.15) is 12.4 Å². The first kappa shape index (κ1) is 41.1. The summed E-state index contributed by atoms with van der Waals surface area (Å²) < 4.78 is 22.0. The van der Waals surface area contributed by atoms with E-state index in [1.807, 2.05) is 4.68 Å². The van der Waals surface area contributed by atoms with E-state index in [0.29, 0.717) is 49.3 Å². The van der Waals surface area contributed by atoms with E-state index in [9.17, 15) is 14.7 Å². The fourth-order valence-corrected chi connectivity index (χ4v) is 12.7. The number of carboxylic acid groups (broad SMARTS) is 1. The van der Waals surface area contributed by atoms with Gasteiger partial charge in [-0.2, -0.15) is 5.10 Å². The van der Waals surface area contributed by atoms with Gasteiger partial charge in [-0.3, -0.25) is 4.79 Å². The summed E-state index contributed by atoms with van der Waals surface area (Å²) in [6.45, 7) is 27.7. The van der Waals surface area contributed by atoms with E-state index in [-0.39, 0.29) is 56.6 Å². The summed E-state index contributed by atoms with van der Waals surface area (Å²) in [5, 5.41) is 21.6. The third-order valence-electron chi connectivity index (χ3n) is 16.9. The minimum Gasteiger partial charge on any atom is -0.450 e. The van der Waals surface area contributed by atoms with Gasteiger partial charge in [0.05, 0.1) is 32.0 Å². The second-order valence-electron chi connectivity index (χ2n) is 19.9. The van der Waals surface area contributed by atoms with Gasteiger partial charge in [-0.15, -0.1) is 0 Å². The highest BCUT2D eigenvalue weighted by Crippen LogP contribution is 2.74. The molecular weight excluding hydrogens is 683 g/mol. The summed E-state index contributed by atoms with van der Waals surface area (Å²) in [4.78, 5) is 30.3. The summed E-state index contributed by atoms with van der Waals surface area (Å²) >= 11 is 0. The first-order valence-electron chi connectivity index (χ1n) is 21.0. The van der Waals surface area contributed by atoms with Crippen molar-refractivity contribution >= 4 is 12.1 Å². The van der Waals surface area contributed by atoms with Crippen LogP contribution < -0.4 is 10.6 Å². The average Bonchev–Trinajstić information content (AvgIpc) is 3.61. The number of carbonyl (C=O) groups excluding carboxylic acids is 1. The Kier molecular flexibility index (Phi) is 11.0. The maximum Gasteiger partial charge on any atom is 0.506 e. The van der Waals surface area contributed by atoms with Gasteiger partial charge in [0.15, 0.2) is 0 Å². The zero-order valence-corrected chi connectivity index (χ0v) is 35.4. The second-order valence-corrected chi connectivity index (χ2v) is 19.9. The molecule has 0 aromatic carbocycles. The van der Waals surface area contributed by atoms with E-state index in [1.165, 1.54) is 11.9 Å². The molecule has 6 rings (SSSR count). The van der Waals surface area contributed by atoms with Crippen LogP contribution in [0.2, 0.25) is 0 Å². The van der Waals surface area contributed by atoms with Crippen LogP contribution in [0.4, 0.5) is 4.79 Å². The Balaban J connectivity index is 1.46. The van der Waals surface area contributed by atoms with Crippen LogP contribution in [0.25, 0.3) is 0 Å². The summed E-state index contributed by atoms with van der Waals surface area (Å²) in [7, 11) is 1.64. The van der Waals surface area contributed by atoms with Gasteiger partial charge < -0.3 is 30.0 Å². The molecule has 12 atom stereocenters. The van der Waals surface area contributed by atoms with Crippen LogP contribution in [0.15, 0.2) is 18.0 Å². The molecule has 11 heteroatoms. The van der Waals surface area contributed by atoms with Gasteiger partial charge in [-0.05, 0) is 93.4 Å². The molecule has 4 aliphatic carbocycles. The Morgan fingerprint density at radius 3 is 2.44 bits per heavy atom. The number of rotatable bonds is 12. The molecule has 2 bridgehead atoms. The predicted octanol–water partition coefficient (Wildman–Crippen LogP) is 7.93. The number of fused-ring (bicyclic) bond motifs is 3. The zero-order valence-electron chi connectivity index (χ0n) is 35.4. The lowest BCUT2D eigenvalue weighted by Gasteiger charge is -2.71. The highest BCUT2D eigenvalue weighted by Gasteiger charge is 2.72. The van der Waals surface area contributed by atoms with Crippen molar-refractivity contribution < 1.29 is 28.9 Å². The lowest BCUT2D eigenvalue weighted by Crippen LogP contribution is -2.70. The number of hydrogen-bond acceptors (Lipinski definition) is 8. The van der Waals surface area contributed by atoms with Crippen molar-refractivity contribution in [1.29, 1.82) is 0 Å². The molecule has 1 saturated heterocycles. The molecule has 3 saturated carbocycles. The van der Waals surface area contributed by atoms with E-state index in [4.69, 9.17) is 19.3 Å². The lowest BCUT2D eigenvalue weighted by atomic mass is 9.35. The Morgan fingerprint density at radius 1 is 1.09 bits per heavy atom. The number of aromatic nitrogens is 3. The van der Waals surface area contributed by atoms with E-state index in [2.05, 4.69) is 97.9 Å². The molecule has 1 aliphatic heterocycles. The van der Waals surface area contributed by atoms with Crippen molar-refractivity contribution in [1.82, 2.24) is 25.4 Å². The Morgan fingerprint density at radius 2 is 1.81 bits per heavy atom. The van der Waals surface area contributed by atoms with Gasteiger partial charge in [-0.1, -0.05) is 80.9 Å². The molecule has 0 spiro atoms. The number of amides is 1. The maximum absolute atomic E-state index is 13.3. The van der Waals surface area contributed by atoms with Crippen LogP contribution in [0.5, 0.6) is 0 Å². The third kappa shape index (κ3) is 6.07. The standard InChI is InChI=1S/C43H71N5O6/c1-13-20-46-42(11,27(4)5)23-53-33-31(48-34(35(49)44-12)45-25-47-48)21-43-24-52-22-39(33,8)32(43)15-14-29-30(43)16-17-41(10)36(54-37(50)51)38(7,28(6)26(2)3)18-19-40(29,41)9/h16,25-29,31-33,36,46H,13-15,17-24H2,1-12H3,(H,44,49)(H,50,51)/t28-,29+,31-,32+,33+,36?,38-,39+,40-,41-,42+,43+/m1/s1. The summed E-state index contributed by atoms with van der Waals surface area (Å²) in [6.07, 6.45) is 8.58. The molecule has 5 aliphatic rings. The minimum atomic E-state index is -1.18. The molecule has 54 heavy (non-hydrogen) atoms. The molecule has 4 fully saturated rings. The van der Waals surface area contributed by atoms with Crippen molar-refractivity contribution in [2.45, 2.75) is 145 Å². The van der Waals surface area contributed by atoms with Crippen molar-refractivity contribution in [3.05, 3.63) is 23.8 Å². The summed E-state index contributed by atoms with van der Waals surface area (Å²) in [5.74, 6) is 1.61. The largest absolute Gasteiger partial charge is 0.506 e. The number of ether oxygens (including phenoxy) is 3. The van der Waals surface area contributed by atoms with E-state index in [1.54, 1.807) is 7.05 Å². The highest BCUT2D eigenvalue weighted by atomic mass is 16.7.